The normalized spacial score (nSPS) is 11.4. The molecule has 0 bridgehead atoms. The molecule has 70 valence electrons. The zero-order valence-corrected chi connectivity index (χ0v) is 7.06. The maximum atomic E-state index is 12.2. The molecule has 1 aromatic rings. The third-order valence-corrected chi connectivity index (χ3v) is 1.97. The number of carbonyl (C=O) groups excluding carboxylic acids is 1. The lowest BCUT2D eigenvalue weighted by Crippen LogP contribution is -2.35. The lowest BCUT2D eigenvalue weighted by molar-refractivity contribution is 0.112. The molecular formula is C7H4BClF3O-. The zero-order valence-electron chi connectivity index (χ0n) is 6.31. The average molecular weight is 207 g/mol. The molecule has 0 fully saturated rings. The SMILES string of the molecule is O=Cc1cccc([B-](F)(F)F)c1Cl. The first-order chi connectivity index (χ1) is 5.96. The van der Waals surface area contributed by atoms with Gasteiger partial charge in [0.1, 0.15) is 0 Å². The van der Waals surface area contributed by atoms with Gasteiger partial charge in [-0.15, -0.1) is 0 Å². The van der Waals surface area contributed by atoms with Crippen LogP contribution in [0, 0.1) is 0 Å². The van der Waals surface area contributed by atoms with Crippen LogP contribution >= 0.6 is 11.6 Å². The smallest absolute Gasteiger partial charge is 0.445 e. The highest BCUT2D eigenvalue weighted by atomic mass is 35.5. The minimum absolute atomic E-state index is 0.140. The molecule has 0 spiro atoms. The highest BCUT2D eigenvalue weighted by molar-refractivity contribution is 6.76. The van der Waals surface area contributed by atoms with Crippen molar-refractivity contribution < 1.29 is 17.7 Å². The van der Waals surface area contributed by atoms with Crippen molar-refractivity contribution in [2.75, 3.05) is 0 Å². The van der Waals surface area contributed by atoms with Crippen molar-refractivity contribution in [3.63, 3.8) is 0 Å². The Bertz CT molecular complexity index is 337. The first-order valence-corrected chi connectivity index (χ1v) is 3.78. The van der Waals surface area contributed by atoms with Crippen molar-refractivity contribution in [2.24, 2.45) is 0 Å². The molecule has 0 amide bonds. The predicted molar refractivity (Wildman–Crippen MR) is 45.6 cm³/mol. The Morgan fingerprint density at radius 3 is 2.38 bits per heavy atom. The summed E-state index contributed by atoms with van der Waals surface area (Å²) in [5.74, 6) is 0. The predicted octanol–water partition coefficient (Wildman–Crippen LogP) is 2.21. The topological polar surface area (TPSA) is 17.1 Å². The van der Waals surface area contributed by atoms with E-state index in [1.54, 1.807) is 0 Å². The van der Waals surface area contributed by atoms with Gasteiger partial charge in [-0.05, 0) is 0 Å². The second kappa shape index (κ2) is 3.42. The molecule has 1 nitrogen and oxygen atoms in total. The Labute approximate surface area is 77.6 Å². The summed E-state index contributed by atoms with van der Waals surface area (Å²) in [5.41, 5.74) is -1.07. The molecule has 13 heavy (non-hydrogen) atoms. The summed E-state index contributed by atoms with van der Waals surface area (Å²) in [4.78, 5) is 10.3. The molecular weight excluding hydrogens is 203 g/mol. The zero-order chi connectivity index (χ0) is 10.1. The van der Waals surface area contributed by atoms with Crippen LogP contribution < -0.4 is 5.46 Å². The Hall–Kier alpha value is -0.965. The molecule has 1 rings (SSSR count). The molecule has 0 heterocycles. The molecule has 0 unspecified atom stereocenters. The molecule has 0 radical (unpaired) electrons. The largest absolute Gasteiger partial charge is 0.511 e. The first-order valence-electron chi connectivity index (χ1n) is 3.40. The molecule has 0 aliphatic carbocycles. The van der Waals surface area contributed by atoms with Crippen LogP contribution in [-0.2, 0) is 0 Å². The first kappa shape index (κ1) is 10.1. The van der Waals surface area contributed by atoms with Gasteiger partial charge < -0.3 is 12.9 Å². The van der Waals surface area contributed by atoms with Crippen LogP contribution in [0.1, 0.15) is 10.4 Å². The fourth-order valence-corrected chi connectivity index (χ4v) is 1.21. The monoisotopic (exact) mass is 207 g/mol. The van der Waals surface area contributed by atoms with Crippen molar-refractivity contribution in [1.82, 2.24) is 0 Å². The van der Waals surface area contributed by atoms with E-state index in [-0.39, 0.29) is 5.56 Å². The average Bonchev–Trinajstić information content (AvgIpc) is 2.02. The minimum Gasteiger partial charge on any atom is -0.445 e. The van der Waals surface area contributed by atoms with Crippen molar-refractivity contribution >= 4 is 30.3 Å². The van der Waals surface area contributed by atoms with E-state index in [1.165, 1.54) is 6.07 Å². The lowest BCUT2D eigenvalue weighted by Gasteiger charge is -2.16. The van der Waals surface area contributed by atoms with E-state index in [2.05, 4.69) is 0 Å². The van der Waals surface area contributed by atoms with Crippen LogP contribution in [0.3, 0.4) is 0 Å². The molecule has 1 aromatic carbocycles. The summed E-state index contributed by atoms with van der Waals surface area (Å²) >= 11 is 5.36. The lowest BCUT2D eigenvalue weighted by atomic mass is 9.79. The Balaban J connectivity index is 3.32. The fourth-order valence-electron chi connectivity index (χ4n) is 0.912. The summed E-state index contributed by atoms with van der Waals surface area (Å²) < 4.78 is 36.7. The van der Waals surface area contributed by atoms with Gasteiger partial charge >= 0.3 is 6.98 Å². The van der Waals surface area contributed by atoms with Gasteiger partial charge in [0.25, 0.3) is 0 Å². The Kier molecular flexibility index (Phi) is 2.66. The Morgan fingerprint density at radius 1 is 1.31 bits per heavy atom. The number of hydrogen-bond donors (Lipinski definition) is 0. The third kappa shape index (κ3) is 2.04. The van der Waals surface area contributed by atoms with Gasteiger partial charge in [-0.25, -0.2) is 0 Å². The summed E-state index contributed by atoms with van der Waals surface area (Å²) in [5, 5.41) is -0.523. The van der Waals surface area contributed by atoms with Gasteiger partial charge in [0.05, 0.1) is 0 Å². The van der Waals surface area contributed by atoms with E-state index in [0.29, 0.717) is 6.29 Å². The van der Waals surface area contributed by atoms with E-state index in [0.717, 1.165) is 12.1 Å². The Morgan fingerprint density at radius 2 is 1.92 bits per heavy atom. The molecule has 0 aliphatic rings. The van der Waals surface area contributed by atoms with Crippen molar-refractivity contribution in [3.05, 3.63) is 28.8 Å². The molecule has 0 aliphatic heterocycles. The summed E-state index contributed by atoms with van der Waals surface area (Å²) in [6.07, 6.45) is 0.299. The highest BCUT2D eigenvalue weighted by Crippen LogP contribution is 2.18. The van der Waals surface area contributed by atoms with E-state index >= 15 is 0 Å². The van der Waals surface area contributed by atoms with Crippen molar-refractivity contribution in [3.8, 4) is 0 Å². The number of aldehydes is 1. The minimum atomic E-state index is -5.15. The van der Waals surface area contributed by atoms with E-state index in [1.807, 2.05) is 0 Å². The van der Waals surface area contributed by atoms with Gasteiger partial charge in [-0.1, -0.05) is 35.3 Å². The molecule has 6 heteroatoms. The second-order valence-electron chi connectivity index (χ2n) is 2.44. The van der Waals surface area contributed by atoms with Gasteiger partial charge in [0.15, 0.2) is 6.29 Å². The third-order valence-electron chi connectivity index (χ3n) is 1.54. The van der Waals surface area contributed by atoms with Gasteiger partial charge in [0.2, 0.25) is 0 Å². The number of hydrogen-bond acceptors (Lipinski definition) is 1. The van der Waals surface area contributed by atoms with Crippen molar-refractivity contribution in [1.29, 1.82) is 0 Å². The number of carbonyl (C=O) groups is 1. The maximum Gasteiger partial charge on any atom is 0.511 e. The molecule has 0 saturated heterocycles. The molecule has 0 aromatic heterocycles. The maximum absolute atomic E-state index is 12.2. The summed E-state index contributed by atoms with van der Waals surface area (Å²) in [7, 11) is 0. The van der Waals surface area contributed by atoms with E-state index in [9.17, 15) is 17.7 Å². The van der Waals surface area contributed by atoms with Gasteiger partial charge in [0, 0.05) is 10.6 Å². The van der Waals surface area contributed by atoms with E-state index < -0.39 is 17.5 Å². The summed E-state index contributed by atoms with van der Waals surface area (Å²) in [6, 6.07) is 3.25. The summed E-state index contributed by atoms with van der Waals surface area (Å²) in [6.45, 7) is -5.15. The standard InChI is InChI=1S/C7H4BClF3O/c9-7-5(4-13)2-1-3-6(7)8(10,11)12/h1-4H/q-1. The number of rotatable bonds is 2. The van der Waals surface area contributed by atoms with Gasteiger partial charge in [-0.2, -0.15) is 0 Å². The van der Waals surface area contributed by atoms with Crippen LogP contribution in [0.25, 0.3) is 0 Å². The van der Waals surface area contributed by atoms with Crippen molar-refractivity contribution in [2.45, 2.75) is 0 Å². The highest BCUT2D eigenvalue weighted by Gasteiger charge is 2.28. The van der Waals surface area contributed by atoms with Gasteiger partial charge in [-0.3, -0.25) is 4.79 Å². The van der Waals surface area contributed by atoms with Crippen LogP contribution in [0.5, 0.6) is 0 Å². The quantitative estimate of drug-likeness (QED) is 0.537. The van der Waals surface area contributed by atoms with Crippen LogP contribution in [0.15, 0.2) is 18.2 Å². The fraction of sp³-hybridized carbons (Fsp3) is 0. The van der Waals surface area contributed by atoms with Crippen LogP contribution in [0.4, 0.5) is 12.9 Å². The van der Waals surface area contributed by atoms with Crippen LogP contribution in [-0.4, -0.2) is 13.3 Å². The second-order valence-corrected chi connectivity index (χ2v) is 2.82. The van der Waals surface area contributed by atoms with Crippen LogP contribution in [0.2, 0.25) is 5.02 Å². The number of halogens is 4. The molecule has 0 saturated carbocycles. The molecule has 0 N–H and O–H groups in total. The number of benzene rings is 1. The van der Waals surface area contributed by atoms with E-state index in [4.69, 9.17) is 11.6 Å². The molecule has 0 atom stereocenters.